The van der Waals surface area contributed by atoms with E-state index in [1.807, 2.05) is 0 Å². The third kappa shape index (κ3) is 3.30. The van der Waals surface area contributed by atoms with Gasteiger partial charge in [0, 0.05) is 6.04 Å². The average molecular weight is 212 g/mol. The highest BCUT2D eigenvalue weighted by Gasteiger charge is 2.20. The fraction of sp³-hybridized carbons (Fsp3) is 0.300. The largest absolute Gasteiger partial charge is 0.382 e. The topological polar surface area (TPSA) is 89.3 Å². The second-order valence-corrected chi connectivity index (χ2v) is 3.34. The first-order chi connectivity index (χ1) is 7.00. The van der Waals surface area contributed by atoms with Crippen molar-refractivity contribution >= 4 is 5.91 Å². The van der Waals surface area contributed by atoms with Crippen LogP contribution in [0.3, 0.4) is 0 Å². The second-order valence-electron chi connectivity index (χ2n) is 3.34. The molecule has 0 saturated carbocycles. The molecule has 0 aliphatic carbocycles. The van der Waals surface area contributed by atoms with Crippen molar-refractivity contribution in [2.24, 2.45) is 11.5 Å². The van der Waals surface area contributed by atoms with Gasteiger partial charge in [-0.25, -0.2) is 4.39 Å². The number of rotatable bonds is 4. The Kier molecular flexibility index (Phi) is 3.76. The maximum Gasteiger partial charge on any atom is 0.247 e. The molecule has 5 heteroatoms. The van der Waals surface area contributed by atoms with Gasteiger partial charge in [-0.3, -0.25) is 4.79 Å². The molecule has 0 fully saturated rings. The average Bonchev–Trinajstić information content (AvgIpc) is 2.20. The summed E-state index contributed by atoms with van der Waals surface area (Å²) in [4.78, 5) is 10.6. The van der Waals surface area contributed by atoms with E-state index in [2.05, 4.69) is 0 Å². The van der Waals surface area contributed by atoms with Crippen molar-refractivity contribution in [3.05, 3.63) is 35.6 Å². The Balaban J connectivity index is 2.62. The summed E-state index contributed by atoms with van der Waals surface area (Å²) in [6, 6.07) is 4.90. The molecular weight excluding hydrogens is 199 g/mol. The highest BCUT2D eigenvalue weighted by atomic mass is 19.1. The third-order valence-corrected chi connectivity index (χ3v) is 2.08. The molecule has 0 bridgehead atoms. The van der Waals surface area contributed by atoms with Gasteiger partial charge in [-0.15, -0.1) is 0 Å². The van der Waals surface area contributed by atoms with Crippen molar-refractivity contribution in [1.82, 2.24) is 0 Å². The molecular formula is C10H13FN2O2. The van der Waals surface area contributed by atoms with E-state index >= 15 is 0 Å². The smallest absolute Gasteiger partial charge is 0.247 e. The molecule has 0 aliphatic heterocycles. The Morgan fingerprint density at radius 1 is 1.40 bits per heavy atom. The van der Waals surface area contributed by atoms with Crippen molar-refractivity contribution < 1.29 is 14.3 Å². The summed E-state index contributed by atoms with van der Waals surface area (Å²) in [5.41, 5.74) is 11.2. The van der Waals surface area contributed by atoms with Gasteiger partial charge in [-0.2, -0.15) is 0 Å². The number of halogens is 1. The molecule has 5 N–H and O–H groups in total. The van der Waals surface area contributed by atoms with Gasteiger partial charge in [0.15, 0.2) is 0 Å². The fourth-order valence-corrected chi connectivity index (χ4v) is 1.22. The summed E-state index contributed by atoms with van der Waals surface area (Å²) < 4.78 is 12.6. The van der Waals surface area contributed by atoms with E-state index in [1.165, 1.54) is 12.1 Å². The van der Waals surface area contributed by atoms with Gasteiger partial charge in [-0.05, 0) is 24.1 Å². The summed E-state index contributed by atoms with van der Waals surface area (Å²) in [5, 5.41) is 9.24. The van der Waals surface area contributed by atoms with Crippen LogP contribution in [0, 0.1) is 5.82 Å². The Labute approximate surface area is 86.7 Å². The molecule has 2 unspecified atom stereocenters. The summed E-state index contributed by atoms with van der Waals surface area (Å²) in [5.74, 6) is -1.20. The van der Waals surface area contributed by atoms with E-state index in [0.717, 1.165) is 5.56 Å². The summed E-state index contributed by atoms with van der Waals surface area (Å²) in [6.45, 7) is 0. The highest BCUT2D eigenvalue weighted by molar-refractivity contribution is 5.79. The van der Waals surface area contributed by atoms with Crippen LogP contribution >= 0.6 is 0 Å². The predicted octanol–water partition coefficient (Wildman–Crippen LogP) is -0.458. The third-order valence-electron chi connectivity index (χ3n) is 2.08. The van der Waals surface area contributed by atoms with Gasteiger partial charge in [0.2, 0.25) is 5.91 Å². The van der Waals surface area contributed by atoms with Gasteiger partial charge in [0.1, 0.15) is 11.9 Å². The van der Waals surface area contributed by atoms with Crippen LogP contribution in [0.15, 0.2) is 24.3 Å². The molecule has 0 aliphatic rings. The zero-order valence-electron chi connectivity index (χ0n) is 8.06. The van der Waals surface area contributed by atoms with Crippen LogP contribution in [0.25, 0.3) is 0 Å². The van der Waals surface area contributed by atoms with Crippen LogP contribution in [0.5, 0.6) is 0 Å². The molecule has 0 heterocycles. The zero-order chi connectivity index (χ0) is 11.4. The SMILES string of the molecule is NC(=O)C(O)C(N)Cc1ccc(F)cc1. The molecule has 15 heavy (non-hydrogen) atoms. The van der Waals surface area contributed by atoms with Crippen LogP contribution in [0.4, 0.5) is 4.39 Å². The van der Waals surface area contributed by atoms with Gasteiger partial charge >= 0.3 is 0 Å². The summed E-state index contributed by atoms with van der Waals surface area (Å²) in [7, 11) is 0. The lowest BCUT2D eigenvalue weighted by Gasteiger charge is -2.15. The molecule has 2 atom stereocenters. The van der Waals surface area contributed by atoms with Crippen LogP contribution < -0.4 is 11.5 Å². The molecule has 4 nitrogen and oxygen atoms in total. The van der Waals surface area contributed by atoms with Gasteiger partial charge < -0.3 is 16.6 Å². The van der Waals surface area contributed by atoms with Crippen LogP contribution in [-0.2, 0) is 11.2 Å². The predicted molar refractivity (Wildman–Crippen MR) is 53.3 cm³/mol. The Morgan fingerprint density at radius 3 is 2.40 bits per heavy atom. The molecule has 82 valence electrons. The summed E-state index contributed by atoms with van der Waals surface area (Å²) >= 11 is 0. The highest BCUT2D eigenvalue weighted by Crippen LogP contribution is 2.06. The van der Waals surface area contributed by atoms with Gasteiger partial charge in [0.05, 0.1) is 0 Å². The van der Waals surface area contributed by atoms with E-state index in [9.17, 15) is 14.3 Å². The van der Waals surface area contributed by atoms with Crippen molar-refractivity contribution in [2.75, 3.05) is 0 Å². The van der Waals surface area contributed by atoms with Crippen molar-refractivity contribution in [3.63, 3.8) is 0 Å². The minimum absolute atomic E-state index is 0.268. The van der Waals surface area contributed by atoms with Crippen LogP contribution in [0.2, 0.25) is 0 Å². The molecule has 1 aromatic carbocycles. The van der Waals surface area contributed by atoms with E-state index in [4.69, 9.17) is 11.5 Å². The lowest BCUT2D eigenvalue weighted by atomic mass is 10.0. The molecule has 0 saturated heterocycles. The van der Waals surface area contributed by atoms with Crippen LogP contribution in [0.1, 0.15) is 5.56 Å². The first-order valence-corrected chi connectivity index (χ1v) is 4.48. The molecule has 1 aromatic rings. The number of primary amides is 1. The summed E-state index contributed by atoms with van der Waals surface area (Å²) in [6.07, 6.45) is -1.11. The number of carbonyl (C=O) groups excluding carboxylic acids is 1. The number of aliphatic hydroxyl groups excluding tert-OH is 1. The number of nitrogens with two attached hydrogens (primary N) is 2. The van der Waals surface area contributed by atoms with Gasteiger partial charge in [-0.1, -0.05) is 12.1 Å². The van der Waals surface area contributed by atoms with E-state index in [-0.39, 0.29) is 12.2 Å². The normalized spacial score (nSPS) is 14.6. The number of carbonyl (C=O) groups is 1. The molecule has 0 spiro atoms. The monoisotopic (exact) mass is 212 g/mol. The fourth-order valence-electron chi connectivity index (χ4n) is 1.22. The van der Waals surface area contributed by atoms with Crippen molar-refractivity contribution in [3.8, 4) is 0 Å². The quantitative estimate of drug-likeness (QED) is 0.631. The van der Waals surface area contributed by atoms with E-state index < -0.39 is 18.1 Å². The minimum Gasteiger partial charge on any atom is -0.382 e. The number of benzene rings is 1. The Bertz CT molecular complexity index is 340. The van der Waals surface area contributed by atoms with E-state index in [1.54, 1.807) is 12.1 Å². The zero-order valence-corrected chi connectivity index (χ0v) is 8.06. The molecule has 1 rings (SSSR count). The lowest BCUT2D eigenvalue weighted by molar-refractivity contribution is -0.126. The number of aliphatic hydroxyl groups is 1. The number of hydrogen-bond donors (Lipinski definition) is 3. The van der Waals surface area contributed by atoms with E-state index in [0.29, 0.717) is 0 Å². The van der Waals surface area contributed by atoms with Gasteiger partial charge in [0.25, 0.3) is 0 Å². The second kappa shape index (κ2) is 4.86. The maximum absolute atomic E-state index is 12.6. The van der Waals surface area contributed by atoms with Crippen LogP contribution in [-0.4, -0.2) is 23.2 Å². The Hall–Kier alpha value is -1.46. The first kappa shape index (κ1) is 11.6. The first-order valence-electron chi connectivity index (χ1n) is 4.48. The standard InChI is InChI=1S/C10H13FN2O2/c11-7-3-1-6(2-4-7)5-8(12)9(14)10(13)15/h1-4,8-9,14H,5,12H2,(H2,13,15). The number of hydrogen-bond acceptors (Lipinski definition) is 3. The molecule has 1 amide bonds. The maximum atomic E-state index is 12.6. The molecule has 0 radical (unpaired) electrons. The minimum atomic E-state index is -1.38. The Morgan fingerprint density at radius 2 is 1.93 bits per heavy atom. The van der Waals surface area contributed by atoms with Crippen molar-refractivity contribution in [2.45, 2.75) is 18.6 Å². The van der Waals surface area contributed by atoms with Crippen molar-refractivity contribution in [1.29, 1.82) is 0 Å². The molecule has 0 aromatic heterocycles. The lowest BCUT2D eigenvalue weighted by Crippen LogP contribution is -2.45. The number of amides is 1.